The zero-order chi connectivity index (χ0) is 23.6. The Kier molecular flexibility index (Phi) is 6.88. The predicted octanol–water partition coefficient (Wildman–Crippen LogP) is 5.90. The van der Waals surface area contributed by atoms with E-state index < -0.39 is 0 Å². The zero-order valence-electron chi connectivity index (χ0n) is 20.2. The number of rotatable bonds is 6. The van der Waals surface area contributed by atoms with Crippen molar-refractivity contribution in [2.24, 2.45) is 7.05 Å². The van der Waals surface area contributed by atoms with Crippen molar-refractivity contribution >= 4 is 17.1 Å². The van der Waals surface area contributed by atoms with E-state index in [-0.39, 0.29) is 18.0 Å². The number of allylic oxidation sites excluding steroid dienone is 2. The number of aryl methyl sites for hydroxylation is 7. The molecule has 0 radical (unpaired) electrons. The fourth-order valence-electron chi connectivity index (χ4n) is 4.63. The average Bonchev–Trinajstić information content (AvgIpc) is 2.66. The molecule has 0 bridgehead atoms. The summed E-state index contributed by atoms with van der Waals surface area (Å²) in [6.45, 7) is 12.0. The highest BCUT2D eigenvalue weighted by molar-refractivity contribution is 6.13. The number of pyridine rings is 1. The maximum Gasteiger partial charge on any atom is 0.186 e. The van der Waals surface area contributed by atoms with Crippen molar-refractivity contribution in [1.82, 2.24) is 0 Å². The number of carbonyl (C=O) groups excluding carboxylic acids is 2. The molecule has 0 aliphatic rings. The Bertz CT molecular complexity index is 1180. The fraction of sp³-hybridized carbons (Fsp3) is 0.276. The first kappa shape index (κ1) is 23.3. The van der Waals surface area contributed by atoms with Crippen LogP contribution in [0.1, 0.15) is 66.1 Å². The first-order valence-electron chi connectivity index (χ1n) is 11.0. The van der Waals surface area contributed by atoms with Crippen LogP contribution in [0.15, 0.2) is 54.9 Å². The maximum absolute atomic E-state index is 13.4. The first-order chi connectivity index (χ1) is 15.1. The van der Waals surface area contributed by atoms with E-state index in [4.69, 9.17) is 0 Å². The summed E-state index contributed by atoms with van der Waals surface area (Å²) >= 11 is 0. The smallest absolute Gasteiger partial charge is 0.186 e. The number of Topliss-reactive ketones (excluding diaryl/α,β-unsaturated/α-hetero) is 1. The summed E-state index contributed by atoms with van der Waals surface area (Å²) in [5, 5.41) is 0. The number of nitrogens with zero attached hydrogens (tertiary/aromatic N) is 1. The van der Waals surface area contributed by atoms with Crippen LogP contribution in [0.4, 0.5) is 0 Å². The predicted molar refractivity (Wildman–Crippen MR) is 130 cm³/mol. The SMILES string of the molecule is Cc1cc(C)c(C(=O)/C=C(/CC(=O)c2c(C)cc(C)cc2C)c2cc[n+](C)cc2)c(C)c1. The Morgan fingerprint density at radius 2 is 1.19 bits per heavy atom. The number of benzene rings is 2. The molecule has 2 aromatic carbocycles. The van der Waals surface area contributed by atoms with E-state index in [1.807, 2.05) is 102 Å². The summed E-state index contributed by atoms with van der Waals surface area (Å²) < 4.78 is 1.94. The molecule has 3 aromatic rings. The Balaban J connectivity index is 2.07. The highest BCUT2D eigenvalue weighted by Crippen LogP contribution is 2.26. The van der Waals surface area contributed by atoms with Gasteiger partial charge in [0.15, 0.2) is 24.0 Å². The lowest BCUT2D eigenvalue weighted by Gasteiger charge is -2.13. The minimum absolute atomic E-state index is 0.0321. The number of hydrogen-bond donors (Lipinski definition) is 0. The molecule has 1 aromatic heterocycles. The molecule has 1 heterocycles. The van der Waals surface area contributed by atoms with Gasteiger partial charge in [0.2, 0.25) is 0 Å². The minimum atomic E-state index is -0.0617. The summed E-state index contributed by atoms with van der Waals surface area (Å²) in [5.74, 6) is -0.0296. The van der Waals surface area contributed by atoms with Gasteiger partial charge in [0, 0.05) is 29.7 Å². The van der Waals surface area contributed by atoms with Crippen LogP contribution >= 0.6 is 0 Å². The second-order valence-corrected chi connectivity index (χ2v) is 8.93. The summed E-state index contributed by atoms with van der Waals surface area (Å²) in [6.07, 6.45) is 5.69. The molecule has 0 N–H and O–H groups in total. The van der Waals surface area contributed by atoms with Gasteiger partial charge in [-0.15, -0.1) is 0 Å². The summed E-state index contributed by atoms with van der Waals surface area (Å²) in [5.41, 5.74) is 9.22. The second kappa shape index (κ2) is 9.44. The largest absolute Gasteiger partial charge is 0.294 e. The van der Waals surface area contributed by atoms with Crippen molar-refractivity contribution in [2.75, 3.05) is 0 Å². The van der Waals surface area contributed by atoms with Crippen LogP contribution in [0.25, 0.3) is 5.57 Å². The molecule has 3 rings (SSSR count). The van der Waals surface area contributed by atoms with E-state index in [2.05, 4.69) is 0 Å². The normalized spacial score (nSPS) is 11.5. The van der Waals surface area contributed by atoms with Gasteiger partial charge < -0.3 is 0 Å². The molecule has 0 fully saturated rings. The fourth-order valence-corrected chi connectivity index (χ4v) is 4.63. The number of carbonyl (C=O) groups is 2. The summed E-state index contributed by atoms with van der Waals surface area (Å²) in [4.78, 5) is 26.7. The molecule has 0 amide bonds. The number of aromatic nitrogens is 1. The topological polar surface area (TPSA) is 38.0 Å². The molecule has 0 aliphatic heterocycles. The van der Waals surface area contributed by atoms with E-state index >= 15 is 0 Å². The van der Waals surface area contributed by atoms with Gasteiger partial charge in [0.1, 0.15) is 7.05 Å². The van der Waals surface area contributed by atoms with E-state index in [0.717, 1.165) is 50.1 Å². The number of hydrogen-bond acceptors (Lipinski definition) is 2. The van der Waals surface area contributed by atoms with E-state index in [0.29, 0.717) is 5.56 Å². The van der Waals surface area contributed by atoms with E-state index in [1.54, 1.807) is 6.08 Å². The van der Waals surface area contributed by atoms with Gasteiger partial charge >= 0.3 is 0 Å². The molecule has 0 saturated carbocycles. The molecular formula is C29H32NO2+. The third kappa shape index (κ3) is 5.11. The van der Waals surface area contributed by atoms with Crippen molar-refractivity contribution in [2.45, 2.75) is 48.0 Å². The Morgan fingerprint density at radius 3 is 1.66 bits per heavy atom. The quantitative estimate of drug-likeness (QED) is 0.280. The average molecular weight is 427 g/mol. The molecule has 3 heteroatoms. The molecule has 0 unspecified atom stereocenters. The highest BCUT2D eigenvalue weighted by Gasteiger charge is 2.19. The zero-order valence-corrected chi connectivity index (χ0v) is 20.2. The molecule has 0 atom stereocenters. The Morgan fingerprint density at radius 1 is 0.750 bits per heavy atom. The van der Waals surface area contributed by atoms with E-state index in [9.17, 15) is 9.59 Å². The van der Waals surface area contributed by atoms with Crippen molar-refractivity contribution in [1.29, 1.82) is 0 Å². The van der Waals surface area contributed by atoms with Crippen LogP contribution in [0, 0.1) is 41.5 Å². The standard InChI is InChI=1S/C29H32NO2/c1-18-12-20(3)28(21(4)13-18)26(31)16-25(24-8-10-30(7)11-9-24)17-27(32)29-22(5)14-19(2)15-23(29)6/h8-16H,17H2,1-7H3/q+1/b25-16-. The van der Waals surface area contributed by atoms with Crippen molar-refractivity contribution < 1.29 is 14.2 Å². The highest BCUT2D eigenvalue weighted by atomic mass is 16.1. The monoisotopic (exact) mass is 426 g/mol. The number of ketones is 2. The molecule has 3 nitrogen and oxygen atoms in total. The third-order valence-electron chi connectivity index (χ3n) is 5.88. The van der Waals surface area contributed by atoms with Crippen molar-refractivity contribution in [3.05, 3.63) is 105 Å². The van der Waals surface area contributed by atoms with Gasteiger partial charge in [-0.3, -0.25) is 9.59 Å². The van der Waals surface area contributed by atoms with Gasteiger partial charge in [-0.2, -0.15) is 0 Å². The first-order valence-corrected chi connectivity index (χ1v) is 11.0. The summed E-state index contributed by atoms with van der Waals surface area (Å²) in [7, 11) is 1.95. The molecular weight excluding hydrogens is 394 g/mol. The van der Waals surface area contributed by atoms with Crippen molar-refractivity contribution in [3.63, 3.8) is 0 Å². The van der Waals surface area contributed by atoms with Crippen LogP contribution < -0.4 is 4.57 Å². The van der Waals surface area contributed by atoms with Gasteiger partial charge in [-0.1, -0.05) is 35.4 Å². The molecule has 32 heavy (non-hydrogen) atoms. The van der Waals surface area contributed by atoms with Gasteiger partial charge in [-0.25, -0.2) is 4.57 Å². The Hall–Kier alpha value is -3.33. The van der Waals surface area contributed by atoms with Crippen LogP contribution in [-0.2, 0) is 7.05 Å². The molecule has 0 saturated heterocycles. The molecule has 0 spiro atoms. The second-order valence-electron chi connectivity index (χ2n) is 8.93. The van der Waals surface area contributed by atoms with Crippen LogP contribution in [0.5, 0.6) is 0 Å². The molecule has 164 valence electrons. The Labute approximate surface area is 191 Å². The van der Waals surface area contributed by atoms with Gasteiger partial charge in [0.05, 0.1) is 0 Å². The van der Waals surface area contributed by atoms with Crippen molar-refractivity contribution in [3.8, 4) is 0 Å². The lowest BCUT2D eigenvalue weighted by molar-refractivity contribution is -0.671. The van der Waals surface area contributed by atoms with Gasteiger partial charge in [0.25, 0.3) is 0 Å². The van der Waals surface area contributed by atoms with E-state index in [1.165, 1.54) is 0 Å². The summed E-state index contributed by atoms with van der Waals surface area (Å²) in [6, 6.07) is 12.0. The minimum Gasteiger partial charge on any atom is -0.294 e. The van der Waals surface area contributed by atoms with Gasteiger partial charge in [-0.05, 0) is 81.0 Å². The molecule has 0 aliphatic carbocycles. The third-order valence-corrected chi connectivity index (χ3v) is 5.88. The lowest BCUT2D eigenvalue weighted by Crippen LogP contribution is -2.26. The van der Waals surface area contributed by atoms with Crippen LogP contribution in [0.2, 0.25) is 0 Å². The van der Waals surface area contributed by atoms with Crippen LogP contribution in [0.3, 0.4) is 0 Å². The maximum atomic E-state index is 13.4. The lowest BCUT2D eigenvalue weighted by atomic mass is 9.90. The van der Waals surface area contributed by atoms with Crippen LogP contribution in [-0.4, -0.2) is 11.6 Å².